The molecule has 0 aliphatic carbocycles. The SMILES string of the molecule is CCOCCn1c(=NC(=O)CS(=O)(=O)CC(=O)N2CCCCCC2)sc2ccccc21. The van der Waals surface area contributed by atoms with E-state index in [1.54, 1.807) is 4.90 Å². The number of likely N-dealkylation sites (tertiary alicyclic amines) is 1. The van der Waals surface area contributed by atoms with E-state index in [1.807, 2.05) is 35.8 Å². The van der Waals surface area contributed by atoms with Gasteiger partial charge in [0.1, 0.15) is 11.5 Å². The zero-order valence-electron chi connectivity index (χ0n) is 17.8. The van der Waals surface area contributed by atoms with Crippen LogP contribution in [0.5, 0.6) is 0 Å². The van der Waals surface area contributed by atoms with Gasteiger partial charge in [-0.15, -0.1) is 0 Å². The predicted molar refractivity (Wildman–Crippen MR) is 121 cm³/mol. The van der Waals surface area contributed by atoms with Crippen LogP contribution in [0.4, 0.5) is 0 Å². The maximum atomic E-state index is 12.5. The molecular formula is C21H29N3O5S2. The van der Waals surface area contributed by atoms with Crippen molar-refractivity contribution in [2.45, 2.75) is 39.2 Å². The van der Waals surface area contributed by atoms with Crippen molar-refractivity contribution in [1.82, 2.24) is 9.47 Å². The Morgan fingerprint density at radius 1 is 1.10 bits per heavy atom. The van der Waals surface area contributed by atoms with Crippen LogP contribution in [-0.2, 0) is 30.7 Å². The molecule has 0 atom stereocenters. The molecule has 0 N–H and O–H groups in total. The van der Waals surface area contributed by atoms with Crippen molar-refractivity contribution in [1.29, 1.82) is 0 Å². The summed E-state index contributed by atoms with van der Waals surface area (Å²) in [5.74, 6) is -2.61. The smallest absolute Gasteiger partial charge is 0.263 e. The van der Waals surface area contributed by atoms with Gasteiger partial charge >= 0.3 is 0 Å². The summed E-state index contributed by atoms with van der Waals surface area (Å²) in [6.07, 6.45) is 3.86. The first-order valence-corrected chi connectivity index (χ1v) is 13.3. The number of carbonyl (C=O) groups excluding carboxylic acids is 2. The maximum absolute atomic E-state index is 12.5. The number of amides is 2. The molecule has 0 bridgehead atoms. The third kappa shape index (κ3) is 6.72. The molecule has 8 nitrogen and oxygen atoms in total. The van der Waals surface area contributed by atoms with E-state index < -0.39 is 33.2 Å². The van der Waals surface area contributed by atoms with E-state index in [4.69, 9.17) is 4.74 Å². The highest BCUT2D eigenvalue weighted by atomic mass is 32.2. The first-order valence-electron chi connectivity index (χ1n) is 10.6. The van der Waals surface area contributed by atoms with Crippen molar-refractivity contribution in [3.8, 4) is 0 Å². The lowest BCUT2D eigenvalue weighted by atomic mass is 10.2. The quantitative estimate of drug-likeness (QED) is 0.553. The summed E-state index contributed by atoms with van der Waals surface area (Å²) < 4.78 is 33.2. The minimum Gasteiger partial charge on any atom is -0.380 e. The Hall–Kier alpha value is -2.04. The van der Waals surface area contributed by atoms with E-state index in [0.717, 1.165) is 35.9 Å². The summed E-state index contributed by atoms with van der Waals surface area (Å²) in [6.45, 7) is 4.61. The third-order valence-electron chi connectivity index (χ3n) is 5.12. The first kappa shape index (κ1) is 23.6. The van der Waals surface area contributed by atoms with E-state index >= 15 is 0 Å². The fraction of sp³-hybridized carbons (Fsp3) is 0.571. The molecule has 1 fully saturated rings. The summed E-state index contributed by atoms with van der Waals surface area (Å²) in [6, 6.07) is 7.65. The third-order valence-corrected chi connectivity index (χ3v) is 7.55. The van der Waals surface area contributed by atoms with Gasteiger partial charge in [-0.25, -0.2) is 8.42 Å². The number of sulfone groups is 1. The largest absolute Gasteiger partial charge is 0.380 e. The normalized spacial score (nSPS) is 15.9. The Bertz CT molecular complexity index is 1080. The van der Waals surface area contributed by atoms with Crippen LogP contribution in [0, 0.1) is 0 Å². The van der Waals surface area contributed by atoms with Gasteiger partial charge in [-0.2, -0.15) is 4.99 Å². The van der Waals surface area contributed by atoms with Gasteiger partial charge in [0.25, 0.3) is 5.91 Å². The van der Waals surface area contributed by atoms with Crippen molar-refractivity contribution >= 4 is 43.2 Å². The van der Waals surface area contributed by atoms with E-state index in [-0.39, 0.29) is 0 Å². The first-order chi connectivity index (χ1) is 14.9. The van der Waals surface area contributed by atoms with E-state index in [1.165, 1.54) is 11.3 Å². The molecular weight excluding hydrogens is 438 g/mol. The Morgan fingerprint density at radius 2 is 1.81 bits per heavy atom. The molecule has 1 aliphatic rings. The molecule has 0 radical (unpaired) electrons. The van der Waals surface area contributed by atoms with Crippen LogP contribution in [0.1, 0.15) is 32.6 Å². The number of aromatic nitrogens is 1. The second-order valence-electron chi connectivity index (χ2n) is 7.53. The number of benzene rings is 1. The van der Waals surface area contributed by atoms with Crippen molar-refractivity contribution in [2.75, 3.05) is 37.8 Å². The molecule has 0 spiro atoms. The molecule has 1 saturated heterocycles. The fourth-order valence-electron chi connectivity index (χ4n) is 3.60. The Balaban J connectivity index is 1.74. The van der Waals surface area contributed by atoms with Gasteiger partial charge in [-0.1, -0.05) is 36.3 Å². The summed E-state index contributed by atoms with van der Waals surface area (Å²) >= 11 is 1.33. The average molecular weight is 468 g/mol. The van der Waals surface area contributed by atoms with Gasteiger partial charge in [0, 0.05) is 26.2 Å². The molecule has 1 aromatic carbocycles. The molecule has 1 aliphatic heterocycles. The number of para-hydroxylation sites is 1. The number of fused-ring (bicyclic) bond motifs is 1. The predicted octanol–water partition coefficient (Wildman–Crippen LogP) is 1.98. The summed E-state index contributed by atoms with van der Waals surface area (Å²) in [7, 11) is -3.89. The highest BCUT2D eigenvalue weighted by Gasteiger charge is 2.25. The van der Waals surface area contributed by atoms with E-state index in [2.05, 4.69) is 4.99 Å². The lowest BCUT2D eigenvalue weighted by Crippen LogP contribution is -2.37. The van der Waals surface area contributed by atoms with E-state index in [0.29, 0.717) is 37.6 Å². The second-order valence-corrected chi connectivity index (χ2v) is 10.6. The monoisotopic (exact) mass is 467 g/mol. The zero-order valence-corrected chi connectivity index (χ0v) is 19.4. The molecule has 10 heteroatoms. The molecule has 31 heavy (non-hydrogen) atoms. The van der Waals surface area contributed by atoms with Crippen LogP contribution in [0.2, 0.25) is 0 Å². The standard InChI is InChI=1S/C21H29N3O5S2/c1-2-29-14-13-24-17-9-5-6-10-18(17)30-21(24)22-19(25)15-31(27,28)16-20(26)23-11-7-3-4-8-12-23/h5-6,9-10H,2-4,7-8,11-16H2,1H3. The fourth-order valence-corrected chi connectivity index (χ4v) is 5.78. The molecule has 170 valence electrons. The molecule has 1 aromatic heterocycles. The molecule has 2 amide bonds. The minimum atomic E-state index is -3.89. The number of thiazole rings is 1. The lowest BCUT2D eigenvalue weighted by molar-refractivity contribution is -0.128. The van der Waals surface area contributed by atoms with Crippen LogP contribution in [0.25, 0.3) is 10.2 Å². The van der Waals surface area contributed by atoms with Crippen molar-refractivity contribution < 1.29 is 22.7 Å². The summed E-state index contributed by atoms with van der Waals surface area (Å²) in [4.78, 5) is 31.0. The molecule has 0 saturated carbocycles. The molecule has 0 unspecified atom stereocenters. The maximum Gasteiger partial charge on any atom is 0.263 e. The molecule has 2 heterocycles. The van der Waals surface area contributed by atoms with Gasteiger partial charge < -0.3 is 14.2 Å². The van der Waals surface area contributed by atoms with E-state index in [9.17, 15) is 18.0 Å². The average Bonchev–Trinajstić information content (AvgIpc) is 2.88. The number of hydrogen-bond acceptors (Lipinski definition) is 6. The van der Waals surface area contributed by atoms with Crippen LogP contribution in [-0.4, -0.2) is 67.5 Å². The van der Waals surface area contributed by atoms with Crippen molar-refractivity contribution in [3.05, 3.63) is 29.1 Å². The van der Waals surface area contributed by atoms with Gasteiger partial charge in [-0.3, -0.25) is 9.59 Å². The summed E-state index contributed by atoms with van der Waals surface area (Å²) in [5.41, 5.74) is 0.915. The number of ether oxygens (including phenoxy) is 1. The minimum absolute atomic E-state index is 0.427. The van der Waals surface area contributed by atoms with Crippen molar-refractivity contribution in [3.63, 3.8) is 0 Å². The van der Waals surface area contributed by atoms with Gasteiger partial charge in [-0.05, 0) is 31.9 Å². The van der Waals surface area contributed by atoms with Crippen molar-refractivity contribution in [2.24, 2.45) is 4.99 Å². The highest BCUT2D eigenvalue weighted by Crippen LogP contribution is 2.16. The zero-order chi connectivity index (χ0) is 22.3. The van der Waals surface area contributed by atoms with Gasteiger partial charge in [0.05, 0.1) is 16.8 Å². The van der Waals surface area contributed by atoms with Crippen LogP contribution in [0.3, 0.4) is 0 Å². The Labute approximate surface area is 186 Å². The van der Waals surface area contributed by atoms with Gasteiger partial charge in [0.2, 0.25) is 5.91 Å². The second kappa shape index (κ2) is 11.0. The number of rotatable bonds is 8. The van der Waals surface area contributed by atoms with Crippen LogP contribution >= 0.6 is 11.3 Å². The lowest BCUT2D eigenvalue weighted by Gasteiger charge is -2.19. The number of carbonyl (C=O) groups is 2. The summed E-state index contributed by atoms with van der Waals surface area (Å²) in [5, 5.41) is 0. The Kier molecular flexibility index (Phi) is 8.39. The highest BCUT2D eigenvalue weighted by molar-refractivity contribution is 7.92. The Morgan fingerprint density at radius 3 is 2.52 bits per heavy atom. The molecule has 3 rings (SSSR count). The number of nitrogens with zero attached hydrogens (tertiary/aromatic N) is 3. The van der Waals surface area contributed by atoms with Crippen LogP contribution in [0.15, 0.2) is 29.3 Å². The molecule has 2 aromatic rings. The topological polar surface area (TPSA) is 98.0 Å². The van der Waals surface area contributed by atoms with Gasteiger partial charge in [0.15, 0.2) is 14.6 Å². The number of hydrogen-bond donors (Lipinski definition) is 0. The van der Waals surface area contributed by atoms with Crippen LogP contribution < -0.4 is 4.80 Å².